The van der Waals surface area contributed by atoms with Crippen molar-refractivity contribution < 1.29 is 13.9 Å². The van der Waals surface area contributed by atoms with Crippen LogP contribution >= 0.6 is 0 Å². The summed E-state index contributed by atoms with van der Waals surface area (Å²) in [5.74, 6) is 0.0288. The molecule has 0 aliphatic rings. The maximum atomic E-state index is 14.0. The molecule has 1 aromatic carbocycles. The number of benzene rings is 1. The Morgan fingerprint density at radius 1 is 1.24 bits per heavy atom. The molecule has 0 bridgehead atoms. The average Bonchev–Trinajstić information content (AvgIpc) is 2.66. The van der Waals surface area contributed by atoms with E-state index >= 15 is 0 Å². The summed E-state index contributed by atoms with van der Waals surface area (Å²) < 4.78 is 19.4. The zero-order chi connectivity index (χ0) is 22.1. The number of halogens is 1. The number of guanidine groups is 1. The van der Waals surface area contributed by atoms with E-state index in [4.69, 9.17) is 10.00 Å². The molecule has 0 radical (unpaired) electrons. The number of nitrogens with one attached hydrogen (secondary N) is 3. The summed E-state index contributed by atoms with van der Waals surface area (Å²) >= 11 is 0. The minimum atomic E-state index is -0.576. The maximum Gasteiger partial charge on any atom is 0.408 e. The molecular weight excluding hydrogens is 373 g/mol. The fourth-order valence-electron chi connectivity index (χ4n) is 2.65. The number of hydrogen-bond acceptors (Lipinski definition) is 4. The number of amides is 1. The maximum absolute atomic E-state index is 14.0. The van der Waals surface area contributed by atoms with E-state index in [1.165, 1.54) is 6.07 Å². The predicted octanol–water partition coefficient (Wildman–Crippen LogP) is 3.45. The molecule has 0 spiro atoms. The van der Waals surface area contributed by atoms with E-state index in [0.29, 0.717) is 30.9 Å². The number of hydrogen-bond donors (Lipinski definition) is 3. The van der Waals surface area contributed by atoms with Gasteiger partial charge < -0.3 is 20.7 Å². The van der Waals surface area contributed by atoms with E-state index in [2.05, 4.69) is 20.9 Å². The van der Waals surface area contributed by atoms with E-state index in [1.54, 1.807) is 19.2 Å². The first-order valence-electron chi connectivity index (χ1n) is 9.72. The van der Waals surface area contributed by atoms with Crippen molar-refractivity contribution in [2.75, 3.05) is 13.6 Å². The molecule has 3 N–H and O–H groups in total. The van der Waals surface area contributed by atoms with Gasteiger partial charge in [0, 0.05) is 25.7 Å². The molecule has 160 valence electrons. The molecule has 0 unspecified atom stereocenters. The van der Waals surface area contributed by atoms with Gasteiger partial charge in [-0.3, -0.25) is 4.99 Å². The van der Waals surface area contributed by atoms with Crippen molar-refractivity contribution in [2.45, 2.75) is 65.1 Å². The van der Waals surface area contributed by atoms with Crippen LogP contribution in [0.4, 0.5) is 9.18 Å². The Morgan fingerprint density at radius 2 is 1.90 bits per heavy atom. The third-order valence-electron chi connectivity index (χ3n) is 4.57. The van der Waals surface area contributed by atoms with Crippen molar-refractivity contribution >= 4 is 12.1 Å². The monoisotopic (exact) mass is 405 g/mol. The number of aliphatic imine (C=N–C) groups is 1. The smallest absolute Gasteiger partial charge is 0.408 e. The molecular formula is C21H32FN5O2. The average molecular weight is 406 g/mol. The van der Waals surface area contributed by atoms with E-state index < -0.39 is 23.1 Å². The van der Waals surface area contributed by atoms with E-state index in [1.807, 2.05) is 40.7 Å². The van der Waals surface area contributed by atoms with Gasteiger partial charge in [-0.2, -0.15) is 5.26 Å². The Labute approximate surface area is 172 Å². The molecule has 7 nitrogen and oxygen atoms in total. The molecule has 1 aromatic rings. The standard InChI is InChI=1S/C21H32FN5O2/c1-7-21(8-2,27-19(28)29-20(3,4)5)14-26-18(24-6)25-13-16-10-9-15(12-23)11-17(16)22/h9-11H,7-8,13-14H2,1-6H3,(H,27,28)(H2,24,25,26). The molecule has 0 atom stereocenters. The van der Waals surface area contributed by atoms with E-state index in [-0.39, 0.29) is 12.1 Å². The lowest BCUT2D eigenvalue weighted by Gasteiger charge is -2.34. The summed E-state index contributed by atoms with van der Waals surface area (Å²) in [6, 6.07) is 6.25. The van der Waals surface area contributed by atoms with Gasteiger partial charge in [0.05, 0.1) is 17.2 Å². The number of ether oxygens (including phenoxy) is 1. The second kappa shape index (κ2) is 10.6. The minimum Gasteiger partial charge on any atom is -0.444 e. The molecule has 0 aliphatic carbocycles. The summed E-state index contributed by atoms with van der Waals surface area (Å²) in [5.41, 5.74) is -0.388. The highest BCUT2D eigenvalue weighted by Crippen LogP contribution is 2.16. The van der Waals surface area contributed by atoms with Gasteiger partial charge in [-0.05, 0) is 45.7 Å². The third-order valence-corrected chi connectivity index (χ3v) is 4.57. The van der Waals surface area contributed by atoms with Crippen LogP contribution in [0.5, 0.6) is 0 Å². The fraction of sp³-hybridized carbons (Fsp3) is 0.571. The van der Waals surface area contributed by atoms with Crippen LogP contribution in [-0.4, -0.2) is 36.8 Å². The van der Waals surface area contributed by atoms with Crippen LogP contribution in [0.3, 0.4) is 0 Å². The number of nitrogens with zero attached hydrogens (tertiary/aromatic N) is 2. The highest BCUT2D eigenvalue weighted by molar-refractivity contribution is 5.79. The summed E-state index contributed by atoms with van der Waals surface area (Å²) in [7, 11) is 1.62. The molecule has 0 saturated heterocycles. The van der Waals surface area contributed by atoms with Crippen LogP contribution in [0.1, 0.15) is 58.6 Å². The molecule has 1 rings (SSSR count). The highest BCUT2D eigenvalue weighted by atomic mass is 19.1. The van der Waals surface area contributed by atoms with Crippen LogP contribution < -0.4 is 16.0 Å². The molecule has 8 heteroatoms. The minimum absolute atomic E-state index is 0.210. The van der Waals surface area contributed by atoms with Crippen LogP contribution in [-0.2, 0) is 11.3 Å². The van der Waals surface area contributed by atoms with Crippen LogP contribution in [0.15, 0.2) is 23.2 Å². The number of carbonyl (C=O) groups excluding carboxylic acids is 1. The normalized spacial score (nSPS) is 12.1. The van der Waals surface area contributed by atoms with Gasteiger partial charge >= 0.3 is 6.09 Å². The SMILES string of the molecule is CCC(CC)(CNC(=NC)NCc1ccc(C#N)cc1F)NC(=O)OC(C)(C)C. The molecule has 0 saturated carbocycles. The second-order valence-corrected chi connectivity index (χ2v) is 7.81. The molecule has 0 aliphatic heterocycles. The lowest BCUT2D eigenvalue weighted by molar-refractivity contribution is 0.0448. The summed E-state index contributed by atoms with van der Waals surface area (Å²) in [5, 5.41) is 18.0. The van der Waals surface area contributed by atoms with Gasteiger partial charge in [0.2, 0.25) is 0 Å². The van der Waals surface area contributed by atoms with Crippen LogP contribution in [0.2, 0.25) is 0 Å². The van der Waals surface area contributed by atoms with Gasteiger partial charge in [0.1, 0.15) is 11.4 Å². The van der Waals surface area contributed by atoms with Gasteiger partial charge in [-0.15, -0.1) is 0 Å². The Balaban J connectivity index is 2.72. The van der Waals surface area contributed by atoms with Crippen molar-refractivity contribution in [2.24, 2.45) is 4.99 Å². The number of alkyl carbamates (subject to hydrolysis) is 1. The summed E-state index contributed by atoms with van der Waals surface area (Å²) in [6.07, 6.45) is 0.916. The first kappa shape index (κ1) is 24.2. The lowest BCUT2D eigenvalue weighted by Crippen LogP contribution is -2.57. The van der Waals surface area contributed by atoms with Gasteiger partial charge in [0.25, 0.3) is 0 Å². The number of rotatable bonds is 7. The molecule has 0 fully saturated rings. The number of nitriles is 1. The zero-order valence-corrected chi connectivity index (χ0v) is 18.1. The van der Waals surface area contributed by atoms with Crippen molar-refractivity contribution in [1.82, 2.24) is 16.0 Å². The van der Waals surface area contributed by atoms with Crippen LogP contribution in [0, 0.1) is 17.1 Å². The largest absolute Gasteiger partial charge is 0.444 e. The lowest BCUT2D eigenvalue weighted by atomic mass is 9.93. The molecule has 29 heavy (non-hydrogen) atoms. The fourth-order valence-corrected chi connectivity index (χ4v) is 2.65. The Hall–Kier alpha value is -2.82. The predicted molar refractivity (Wildman–Crippen MR) is 112 cm³/mol. The first-order valence-corrected chi connectivity index (χ1v) is 9.72. The summed E-state index contributed by atoms with van der Waals surface area (Å²) in [4.78, 5) is 16.4. The quantitative estimate of drug-likeness (QED) is 0.477. The third kappa shape index (κ3) is 7.98. The topological polar surface area (TPSA) is 98.5 Å². The van der Waals surface area contributed by atoms with Crippen molar-refractivity contribution in [1.29, 1.82) is 5.26 Å². The molecule has 1 amide bonds. The van der Waals surface area contributed by atoms with Gasteiger partial charge in [-0.1, -0.05) is 19.9 Å². The Morgan fingerprint density at radius 3 is 2.38 bits per heavy atom. The molecule has 0 aromatic heterocycles. The van der Waals surface area contributed by atoms with Gasteiger partial charge in [-0.25, -0.2) is 9.18 Å². The second-order valence-electron chi connectivity index (χ2n) is 7.81. The van der Waals surface area contributed by atoms with Gasteiger partial charge in [0.15, 0.2) is 5.96 Å². The highest BCUT2D eigenvalue weighted by Gasteiger charge is 2.30. The zero-order valence-electron chi connectivity index (χ0n) is 18.1. The first-order chi connectivity index (χ1) is 13.6. The molecule has 0 heterocycles. The number of carbonyl (C=O) groups is 1. The Kier molecular flexibility index (Phi) is 8.89. The van der Waals surface area contributed by atoms with E-state index in [9.17, 15) is 9.18 Å². The van der Waals surface area contributed by atoms with Crippen molar-refractivity contribution in [3.63, 3.8) is 0 Å². The van der Waals surface area contributed by atoms with E-state index in [0.717, 1.165) is 0 Å². The Bertz CT molecular complexity index is 761. The van der Waals surface area contributed by atoms with Crippen LogP contribution in [0.25, 0.3) is 0 Å². The van der Waals surface area contributed by atoms with Crippen molar-refractivity contribution in [3.8, 4) is 6.07 Å². The summed E-state index contributed by atoms with van der Waals surface area (Å²) in [6.45, 7) is 10.1. The van der Waals surface area contributed by atoms with Crippen molar-refractivity contribution in [3.05, 3.63) is 35.1 Å².